The molecule has 0 N–H and O–H groups in total. The summed E-state index contributed by atoms with van der Waals surface area (Å²) in [7, 11) is 0. The maximum atomic E-state index is 11.7. The fourth-order valence-electron chi connectivity index (χ4n) is 1.71. The third-order valence-corrected chi connectivity index (χ3v) is 3.03. The van der Waals surface area contributed by atoms with Crippen molar-refractivity contribution in [3.63, 3.8) is 0 Å². The van der Waals surface area contributed by atoms with E-state index >= 15 is 0 Å². The Labute approximate surface area is 109 Å². The van der Waals surface area contributed by atoms with Crippen LogP contribution in [0.5, 0.6) is 0 Å². The number of carbonyl (C=O) groups is 1. The van der Waals surface area contributed by atoms with Gasteiger partial charge in [0.25, 0.3) is 0 Å². The van der Waals surface area contributed by atoms with Gasteiger partial charge in [0.1, 0.15) is 5.78 Å². The van der Waals surface area contributed by atoms with Crippen LogP contribution in [0.3, 0.4) is 0 Å². The van der Waals surface area contributed by atoms with Gasteiger partial charge >= 0.3 is 0 Å². The fourth-order valence-corrected chi connectivity index (χ4v) is 1.71. The molecule has 0 amide bonds. The van der Waals surface area contributed by atoms with Gasteiger partial charge in [0.15, 0.2) is 0 Å². The van der Waals surface area contributed by atoms with Gasteiger partial charge in [-0.15, -0.1) is 0 Å². The van der Waals surface area contributed by atoms with Gasteiger partial charge in [0.2, 0.25) is 0 Å². The summed E-state index contributed by atoms with van der Waals surface area (Å²) >= 11 is 0. The van der Waals surface area contributed by atoms with E-state index in [9.17, 15) is 4.79 Å². The maximum absolute atomic E-state index is 11.7. The number of Topliss-reactive ketones (excluding diaryl/α,β-unsaturated/α-hetero) is 1. The Hall–Kier alpha value is -1.16. The molecule has 102 valence electrons. The number of aromatic nitrogens is 2. The second-order valence-corrected chi connectivity index (χ2v) is 4.56. The van der Waals surface area contributed by atoms with Crippen molar-refractivity contribution in [1.29, 1.82) is 0 Å². The number of hydrogen-bond acceptors (Lipinski definition) is 3. The lowest BCUT2D eigenvalue weighted by atomic mass is 10.1. The van der Waals surface area contributed by atoms with E-state index in [0.29, 0.717) is 32.1 Å². The average molecular weight is 252 g/mol. The Morgan fingerprint density at radius 1 is 1.50 bits per heavy atom. The van der Waals surface area contributed by atoms with Crippen molar-refractivity contribution >= 4 is 5.78 Å². The van der Waals surface area contributed by atoms with E-state index in [4.69, 9.17) is 4.74 Å². The lowest BCUT2D eigenvalue weighted by Crippen LogP contribution is -2.08. The van der Waals surface area contributed by atoms with E-state index in [1.807, 2.05) is 23.9 Å². The van der Waals surface area contributed by atoms with Crippen LogP contribution in [0.4, 0.5) is 0 Å². The van der Waals surface area contributed by atoms with Crippen molar-refractivity contribution in [2.45, 2.75) is 52.5 Å². The summed E-state index contributed by atoms with van der Waals surface area (Å²) in [5.74, 6) is 0.240. The van der Waals surface area contributed by atoms with Crippen LogP contribution in [0.1, 0.15) is 51.8 Å². The zero-order chi connectivity index (χ0) is 13.4. The Kier molecular flexibility index (Phi) is 6.65. The van der Waals surface area contributed by atoms with E-state index in [0.717, 1.165) is 18.5 Å². The van der Waals surface area contributed by atoms with Crippen LogP contribution < -0.4 is 0 Å². The number of rotatable bonds is 9. The first-order valence-corrected chi connectivity index (χ1v) is 6.80. The van der Waals surface area contributed by atoms with Gasteiger partial charge in [0.05, 0.1) is 12.1 Å². The van der Waals surface area contributed by atoms with Crippen LogP contribution in [-0.4, -0.2) is 28.8 Å². The minimum absolute atomic E-state index is 0.240. The number of carbonyl (C=O) groups excluding carboxylic acids is 1. The van der Waals surface area contributed by atoms with E-state index in [2.05, 4.69) is 18.9 Å². The van der Waals surface area contributed by atoms with Crippen molar-refractivity contribution in [2.24, 2.45) is 0 Å². The molecule has 0 spiro atoms. The van der Waals surface area contributed by atoms with Crippen molar-refractivity contribution in [1.82, 2.24) is 9.78 Å². The highest BCUT2D eigenvalue weighted by molar-refractivity contribution is 5.80. The van der Waals surface area contributed by atoms with Gasteiger partial charge in [-0.3, -0.25) is 9.48 Å². The van der Waals surface area contributed by atoms with E-state index in [1.54, 1.807) is 0 Å². The highest BCUT2D eigenvalue weighted by Crippen LogP contribution is 2.10. The van der Waals surface area contributed by atoms with Crippen LogP contribution in [0, 0.1) is 0 Å². The molecule has 0 bridgehead atoms. The van der Waals surface area contributed by atoms with Crippen molar-refractivity contribution in [3.8, 4) is 0 Å². The first kappa shape index (κ1) is 14.9. The molecule has 1 unspecified atom stereocenters. The predicted octanol–water partition coefficient (Wildman–Crippen LogP) is 2.78. The number of nitrogens with zero attached hydrogens (tertiary/aromatic N) is 2. The van der Waals surface area contributed by atoms with Crippen LogP contribution in [0.25, 0.3) is 0 Å². The van der Waals surface area contributed by atoms with Gasteiger partial charge in [0, 0.05) is 31.9 Å². The summed E-state index contributed by atoms with van der Waals surface area (Å²) in [5.41, 5.74) is 0.872. The lowest BCUT2D eigenvalue weighted by molar-refractivity contribution is -0.118. The molecule has 4 heteroatoms. The highest BCUT2D eigenvalue weighted by atomic mass is 16.5. The van der Waals surface area contributed by atoms with Crippen molar-refractivity contribution in [3.05, 3.63) is 18.0 Å². The molecule has 0 aliphatic carbocycles. The molecule has 0 fully saturated rings. The molecule has 1 atom stereocenters. The third-order valence-electron chi connectivity index (χ3n) is 3.03. The Morgan fingerprint density at radius 3 is 2.94 bits per heavy atom. The first-order chi connectivity index (χ1) is 8.67. The standard InChI is InChI=1S/C14H24N2O2/c1-4-12(3)16-9-8-13(15-16)11-14(17)7-6-10-18-5-2/h8-9,12H,4-7,10-11H2,1-3H3. The van der Waals surface area contributed by atoms with Gasteiger partial charge in [-0.2, -0.15) is 5.10 Å². The topological polar surface area (TPSA) is 44.1 Å². The second-order valence-electron chi connectivity index (χ2n) is 4.56. The maximum Gasteiger partial charge on any atom is 0.139 e. The number of ketones is 1. The molecule has 1 aromatic rings. The van der Waals surface area contributed by atoms with Crippen molar-refractivity contribution < 1.29 is 9.53 Å². The van der Waals surface area contributed by atoms with E-state index < -0.39 is 0 Å². The van der Waals surface area contributed by atoms with Gasteiger partial charge < -0.3 is 4.74 Å². The molecular weight excluding hydrogens is 228 g/mol. The fraction of sp³-hybridized carbons (Fsp3) is 0.714. The highest BCUT2D eigenvalue weighted by Gasteiger charge is 2.08. The van der Waals surface area contributed by atoms with E-state index in [-0.39, 0.29) is 5.78 Å². The molecule has 1 rings (SSSR count). The summed E-state index contributed by atoms with van der Waals surface area (Å²) in [5, 5.41) is 4.43. The van der Waals surface area contributed by atoms with Crippen molar-refractivity contribution in [2.75, 3.05) is 13.2 Å². The monoisotopic (exact) mass is 252 g/mol. The van der Waals surface area contributed by atoms with Gasteiger partial charge in [-0.25, -0.2) is 0 Å². The molecule has 0 saturated carbocycles. The largest absolute Gasteiger partial charge is 0.382 e. The van der Waals surface area contributed by atoms with Crippen LogP contribution in [0.2, 0.25) is 0 Å². The normalized spacial score (nSPS) is 12.6. The van der Waals surface area contributed by atoms with Gasteiger partial charge in [-0.05, 0) is 32.8 Å². The second kappa shape index (κ2) is 8.03. The zero-order valence-corrected chi connectivity index (χ0v) is 11.7. The minimum atomic E-state index is 0.240. The first-order valence-electron chi connectivity index (χ1n) is 6.80. The molecule has 0 aliphatic heterocycles. The number of ether oxygens (including phenoxy) is 1. The zero-order valence-electron chi connectivity index (χ0n) is 11.7. The summed E-state index contributed by atoms with van der Waals surface area (Å²) in [6, 6.07) is 2.33. The molecule has 18 heavy (non-hydrogen) atoms. The summed E-state index contributed by atoms with van der Waals surface area (Å²) in [4.78, 5) is 11.7. The SMILES string of the molecule is CCOCCCC(=O)Cc1ccn(C(C)CC)n1. The Bertz CT molecular complexity index is 360. The average Bonchev–Trinajstić information content (AvgIpc) is 2.82. The molecule has 0 saturated heterocycles. The summed E-state index contributed by atoms with van der Waals surface area (Å²) in [6.45, 7) is 7.60. The smallest absolute Gasteiger partial charge is 0.139 e. The minimum Gasteiger partial charge on any atom is -0.382 e. The molecular formula is C14H24N2O2. The summed E-state index contributed by atoms with van der Waals surface area (Å²) < 4.78 is 7.15. The Balaban J connectivity index is 2.33. The third kappa shape index (κ3) is 5.00. The summed E-state index contributed by atoms with van der Waals surface area (Å²) in [6.07, 6.45) is 4.82. The van der Waals surface area contributed by atoms with Crippen LogP contribution >= 0.6 is 0 Å². The molecule has 0 aromatic carbocycles. The molecule has 4 nitrogen and oxygen atoms in total. The predicted molar refractivity (Wildman–Crippen MR) is 71.7 cm³/mol. The quantitative estimate of drug-likeness (QED) is 0.635. The molecule has 1 aromatic heterocycles. The molecule has 0 radical (unpaired) electrons. The van der Waals surface area contributed by atoms with Crippen LogP contribution in [0.15, 0.2) is 12.3 Å². The van der Waals surface area contributed by atoms with Crippen LogP contribution in [-0.2, 0) is 16.0 Å². The molecule has 0 aliphatic rings. The van der Waals surface area contributed by atoms with E-state index in [1.165, 1.54) is 0 Å². The lowest BCUT2D eigenvalue weighted by Gasteiger charge is -2.08. The number of hydrogen-bond donors (Lipinski definition) is 0. The van der Waals surface area contributed by atoms with Gasteiger partial charge in [-0.1, -0.05) is 6.92 Å². The molecule has 1 heterocycles. The Morgan fingerprint density at radius 2 is 2.28 bits per heavy atom.